The molecule has 0 bridgehead atoms. The van der Waals surface area contributed by atoms with Crippen LogP contribution in [0.1, 0.15) is 38.8 Å². The predicted octanol–water partition coefficient (Wildman–Crippen LogP) is 3.15. The first-order valence-electron chi connectivity index (χ1n) is 6.89. The summed E-state index contributed by atoms with van der Waals surface area (Å²) in [6.07, 6.45) is 1.01. The number of ether oxygens (including phenoxy) is 2. The van der Waals surface area contributed by atoms with Gasteiger partial charge in [0.1, 0.15) is 0 Å². The van der Waals surface area contributed by atoms with Gasteiger partial charge < -0.3 is 14.8 Å². The van der Waals surface area contributed by atoms with Crippen molar-refractivity contribution in [2.45, 2.75) is 33.2 Å². The molecule has 0 aliphatic carbocycles. The maximum Gasteiger partial charge on any atom is 0.165 e. The molecule has 1 aliphatic rings. The summed E-state index contributed by atoms with van der Waals surface area (Å²) < 4.78 is 11.6. The lowest BCUT2D eigenvalue weighted by Gasteiger charge is -2.32. The first-order valence-corrected chi connectivity index (χ1v) is 6.89. The van der Waals surface area contributed by atoms with Gasteiger partial charge in [0.25, 0.3) is 0 Å². The van der Waals surface area contributed by atoms with E-state index < -0.39 is 0 Å². The Bertz CT molecular complexity index is 392. The molecule has 1 aromatic rings. The Balaban J connectivity index is 2.28. The van der Waals surface area contributed by atoms with Gasteiger partial charge in [-0.2, -0.15) is 0 Å². The van der Waals surface area contributed by atoms with E-state index in [2.05, 4.69) is 38.2 Å². The molecule has 2 atom stereocenters. The molecule has 3 nitrogen and oxygen atoms in total. The number of rotatable bonds is 5. The molecule has 0 amide bonds. The molecule has 0 saturated carbocycles. The molecule has 0 spiro atoms. The van der Waals surface area contributed by atoms with Crippen molar-refractivity contribution in [3.8, 4) is 11.5 Å². The van der Waals surface area contributed by atoms with Crippen LogP contribution in [0.5, 0.6) is 11.5 Å². The van der Waals surface area contributed by atoms with Crippen LogP contribution < -0.4 is 14.8 Å². The molecule has 2 unspecified atom stereocenters. The zero-order chi connectivity index (χ0) is 13.0. The van der Waals surface area contributed by atoms with E-state index >= 15 is 0 Å². The summed E-state index contributed by atoms with van der Waals surface area (Å²) in [6.45, 7) is 8.92. The van der Waals surface area contributed by atoms with Gasteiger partial charge in [-0.3, -0.25) is 0 Å². The molecule has 1 heterocycles. The van der Waals surface area contributed by atoms with Crippen LogP contribution in [0.4, 0.5) is 0 Å². The average Bonchev–Trinajstić information content (AvgIpc) is 2.39. The fourth-order valence-electron chi connectivity index (χ4n) is 2.41. The minimum atomic E-state index is 0.365. The largest absolute Gasteiger partial charge is 0.490 e. The SMILES string of the molecule is CCCOc1cccc2c1OCC(C)C2NCC. The lowest BCUT2D eigenvalue weighted by Crippen LogP contribution is -2.34. The lowest BCUT2D eigenvalue weighted by atomic mass is 9.92. The van der Waals surface area contributed by atoms with E-state index in [-0.39, 0.29) is 0 Å². The van der Waals surface area contributed by atoms with E-state index in [1.165, 1.54) is 5.56 Å². The second kappa shape index (κ2) is 6.10. The van der Waals surface area contributed by atoms with Gasteiger partial charge in [-0.25, -0.2) is 0 Å². The van der Waals surface area contributed by atoms with Crippen molar-refractivity contribution < 1.29 is 9.47 Å². The van der Waals surface area contributed by atoms with Crippen molar-refractivity contribution in [1.29, 1.82) is 0 Å². The maximum absolute atomic E-state index is 5.88. The Morgan fingerprint density at radius 3 is 2.94 bits per heavy atom. The normalized spacial score (nSPS) is 22.2. The Kier molecular flexibility index (Phi) is 4.48. The summed E-state index contributed by atoms with van der Waals surface area (Å²) in [7, 11) is 0. The van der Waals surface area contributed by atoms with E-state index in [1.807, 2.05) is 6.07 Å². The van der Waals surface area contributed by atoms with Crippen molar-refractivity contribution in [2.24, 2.45) is 5.92 Å². The minimum absolute atomic E-state index is 0.365. The Morgan fingerprint density at radius 2 is 2.22 bits per heavy atom. The summed E-state index contributed by atoms with van der Waals surface area (Å²) in [4.78, 5) is 0. The van der Waals surface area contributed by atoms with E-state index in [9.17, 15) is 0 Å². The number of hydrogen-bond donors (Lipinski definition) is 1. The van der Waals surface area contributed by atoms with Crippen LogP contribution in [0, 0.1) is 5.92 Å². The zero-order valence-corrected chi connectivity index (χ0v) is 11.5. The molecule has 18 heavy (non-hydrogen) atoms. The Morgan fingerprint density at radius 1 is 1.39 bits per heavy atom. The first-order chi connectivity index (χ1) is 8.77. The third-order valence-electron chi connectivity index (χ3n) is 3.29. The number of nitrogens with one attached hydrogen (secondary N) is 1. The van der Waals surface area contributed by atoms with Gasteiger partial charge in [-0.05, 0) is 19.0 Å². The molecule has 2 rings (SSSR count). The van der Waals surface area contributed by atoms with Crippen molar-refractivity contribution in [3.63, 3.8) is 0 Å². The maximum atomic E-state index is 5.88. The van der Waals surface area contributed by atoms with E-state index in [1.54, 1.807) is 0 Å². The second-order valence-electron chi connectivity index (χ2n) is 4.85. The highest BCUT2D eigenvalue weighted by Crippen LogP contribution is 2.41. The second-order valence-corrected chi connectivity index (χ2v) is 4.85. The van der Waals surface area contributed by atoms with Crippen LogP contribution >= 0.6 is 0 Å². The van der Waals surface area contributed by atoms with Crippen LogP contribution in [0.25, 0.3) is 0 Å². The van der Waals surface area contributed by atoms with E-state index in [0.29, 0.717) is 12.0 Å². The minimum Gasteiger partial charge on any atom is -0.490 e. The van der Waals surface area contributed by atoms with Gasteiger partial charge in [0, 0.05) is 17.5 Å². The third-order valence-corrected chi connectivity index (χ3v) is 3.29. The van der Waals surface area contributed by atoms with Crippen molar-refractivity contribution >= 4 is 0 Å². The first kappa shape index (κ1) is 13.2. The Labute approximate surface area is 109 Å². The fourth-order valence-corrected chi connectivity index (χ4v) is 2.41. The van der Waals surface area contributed by atoms with Gasteiger partial charge in [-0.15, -0.1) is 0 Å². The molecule has 100 valence electrons. The average molecular weight is 249 g/mol. The highest BCUT2D eigenvalue weighted by atomic mass is 16.5. The lowest BCUT2D eigenvalue weighted by molar-refractivity contribution is 0.178. The summed E-state index contributed by atoms with van der Waals surface area (Å²) in [5.74, 6) is 2.29. The molecule has 1 aromatic carbocycles. The Hall–Kier alpha value is -1.22. The molecule has 1 N–H and O–H groups in total. The van der Waals surface area contributed by atoms with Gasteiger partial charge in [0.15, 0.2) is 11.5 Å². The highest BCUT2D eigenvalue weighted by molar-refractivity contribution is 5.49. The van der Waals surface area contributed by atoms with E-state index in [0.717, 1.165) is 37.7 Å². The fraction of sp³-hybridized carbons (Fsp3) is 0.600. The molecule has 3 heteroatoms. The summed E-state index contributed by atoms with van der Waals surface area (Å²) in [5, 5.41) is 3.54. The summed E-state index contributed by atoms with van der Waals surface area (Å²) in [5.41, 5.74) is 1.23. The number of hydrogen-bond acceptors (Lipinski definition) is 3. The van der Waals surface area contributed by atoms with Crippen molar-refractivity contribution in [1.82, 2.24) is 5.32 Å². The third kappa shape index (κ3) is 2.61. The van der Waals surface area contributed by atoms with Crippen molar-refractivity contribution in [2.75, 3.05) is 19.8 Å². The molecule has 0 radical (unpaired) electrons. The topological polar surface area (TPSA) is 30.5 Å². The van der Waals surface area contributed by atoms with Crippen LogP contribution in [-0.4, -0.2) is 19.8 Å². The summed E-state index contributed by atoms with van der Waals surface area (Å²) in [6, 6.07) is 6.55. The van der Waals surface area contributed by atoms with Gasteiger partial charge in [-0.1, -0.05) is 32.9 Å². The van der Waals surface area contributed by atoms with Crippen LogP contribution in [0.3, 0.4) is 0 Å². The van der Waals surface area contributed by atoms with E-state index in [4.69, 9.17) is 9.47 Å². The predicted molar refractivity (Wildman–Crippen MR) is 73.3 cm³/mol. The van der Waals surface area contributed by atoms with Gasteiger partial charge in [0.05, 0.1) is 13.2 Å². The monoisotopic (exact) mass is 249 g/mol. The number of fused-ring (bicyclic) bond motifs is 1. The molecule has 0 fully saturated rings. The van der Waals surface area contributed by atoms with Crippen LogP contribution in [0.2, 0.25) is 0 Å². The molecule has 0 aromatic heterocycles. The zero-order valence-electron chi connectivity index (χ0n) is 11.5. The van der Waals surface area contributed by atoms with Gasteiger partial charge in [0.2, 0.25) is 0 Å². The van der Waals surface area contributed by atoms with Crippen molar-refractivity contribution in [3.05, 3.63) is 23.8 Å². The van der Waals surface area contributed by atoms with Crippen LogP contribution in [0.15, 0.2) is 18.2 Å². The van der Waals surface area contributed by atoms with Crippen LogP contribution in [-0.2, 0) is 0 Å². The number of benzene rings is 1. The smallest absolute Gasteiger partial charge is 0.165 e. The molecule has 0 saturated heterocycles. The molecular weight excluding hydrogens is 226 g/mol. The molecular formula is C15H23NO2. The quantitative estimate of drug-likeness (QED) is 0.869. The number of para-hydroxylation sites is 1. The molecule has 1 aliphatic heterocycles. The summed E-state index contributed by atoms with van der Waals surface area (Å²) >= 11 is 0. The standard InChI is InChI=1S/C15H23NO2/c1-4-9-17-13-8-6-7-12-14(16-5-2)11(3)10-18-15(12)13/h6-8,11,14,16H,4-5,9-10H2,1-3H3. The highest BCUT2D eigenvalue weighted by Gasteiger charge is 2.29. The van der Waals surface area contributed by atoms with Gasteiger partial charge >= 0.3 is 0 Å².